The van der Waals surface area contributed by atoms with Crippen LogP contribution in [0.4, 0.5) is 0 Å². The molecule has 2 aromatic rings. The monoisotopic (exact) mass is 259 g/mol. The Morgan fingerprint density at radius 2 is 2.11 bits per heavy atom. The van der Waals surface area contributed by atoms with E-state index >= 15 is 0 Å². The summed E-state index contributed by atoms with van der Waals surface area (Å²) >= 11 is 0. The van der Waals surface area contributed by atoms with Crippen LogP contribution in [0.1, 0.15) is 17.3 Å². The third kappa shape index (κ3) is 3.42. The van der Waals surface area contributed by atoms with Gasteiger partial charge in [0.05, 0.1) is 6.20 Å². The van der Waals surface area contributed by atoms with E-state index in [0.717, 1.165) is 5.56 Å². The Bertz CT molecular complexity index is 520. The van der Waals surface area contributed by atoms with E-state index in [1.54, 1.807) is 18.3 Å². The Hall–Kier alpha value is -2.14. The Labute approximate surface area is 112 Å². The van der Waals surface area contributed by atoms with Gasteiger partial charge >= 0.3 is 0 Å². The molecule has 2 rings (SSSR count). The molecular formula is C14H17N3O2. The molecule has 1 heterocycles. The number of aromatic nitrogens is 1. The highest BCUT2D eigenvalue weighted by atomic mass is 16.3. The van der Waals surface area contributed by atoms with Crippen LogP contribution in [0.5, 0.6) is 0 Å². The van der Waals surface area contributed by atoms with Crippen molar-refractivity contribution in [2.75, 3.05) is 13.6 Å². The van der Waals surface area contributed by atoms with Crippen LogP contribution in [0.15, 0.2) is 41.3 Å². The summed E-state index contributed by atoms with van der Waals surface area (Å²) in [6.45, 7) is 2.60. The van der Waals surface area contributed by atoms with Gasteiger partial charge in [0.15, 0.2) is 12.2 Å². The lowest BCUT2D eigenvalue weighted by Crippen LogP contribution is -2.37. The van der Waals surface area contributed by atoms with Gasteiger partial charge < -0.3 is 15.1 Å². The molecule has 19 heavy (non-hydrogen) atoms. The molecule has 0 radical (unpaired) electrons. The minimum atomic E-state index is -0.0776. The van der Waals surface area contributed by atoms with Gasteiger partial charge in [-0.15, -0.1) is 0 Å². The first kappa shape index (κ1) is 13.3. The molecule has 1 amide bonds. The molecule has 0 aliphatic carbocycles. The van der Waals surface area contributed by atoms with E-state index < -0.39 is 0 Å². The van der Waals surface area contributed by atoms with Gasteiger partial charge in [0, 0.05) is 23.7 Å². The number of carbonyl (C=O) groups is 1. The fourth-order valence-electron chi connectivity index (χ4n) is 1.59. The summed E-state index contributed by atoms with van der Waals surface area (Å²) in [5, 5.41) is 5.93. The van der Waals surface area contributed by atoms with Crippen molar-refractivity contribution in [3.05, 3.63) is 42.4 Å². The highest BCUT2D eigenvalue weighted by molar-refractivity contribution is 5.94. The van der Waals surface area contributed by atoms with Crippen molar-refractivity contribution in [2.24, 2.45) is 0 Å². The number of carbonyl (C=O) groups excluding carboxylic acids is 1. The average molecular weight is 259 g/mol. The first-order valence-corrected chi connectivity index (χ1v) is 6.15. The highest BCUT2D eigenvalue weighted by Gasteiger charge is 2.08. The van der Waals surface area contributed by atoms with Gasteiger partial charge in [0.25, 0.3) is 5.91 Å². The highest BCUT2D eigenvalue weighted by Crippen LogP contribution is 2.18. The van der Waals surface area contributed by atoms with Gasteiger partial charge in [0.2, 0.25) is 0 Å². The normalized spacial score (nSPS) is 12.1. The second-order valence-electron chi connectivity index (χ2n) is 4.34. The quantitative estimate of drug-likeness (QED) is 0.857. The molecule has 1 aromatic carbocycles. The maximum Gasteiger partial charge on any atom is 0.251 e. The molecule has 0 aliphatic rings. The van der Waals surface area contributed by atoms with E-state index in [2.05, 4.69) is 15.6 Å². The molecule has 0 spiro atoms. The molecule has 0 fully saturated rings. The van der Waals surface area contributed by atoms with Crippen molar-refractivity contribution in [3.63, 3.8) is 0 Å². The van der Waals surface area contributed by atoms with Crippen LogP contribution in [-0.4, -0.2) is 30.5 Å². The molecule has 100 valence electrons. The zero-order chi connectivity index (χ0) is 13.7. The number of likely N-dealkylation sites (N-methyl/N-ethyl adjacent to an activating group) is 1. The maximum atomic E-state index is 11.9. The van der Waals surface area contributed by atoms with Crippen LogP contribution in [0.25, 0.3) is 11.3 Å². The number of hydrogen-bond donors (Lipinski definition) is 2. The van der Waals surface area contributed by atoms with Crippen molar-refractivity contribution >= 4 is 5.91 Å². The third-order valence-corrected chi connectivity index (χ3v) is 2.93. The molecule has 1 aromatic heterocycles. The van der Waals surface area contributed by atoms with E-state index in [4.69, 9.17) is 4.42 Å². The first-order chi connectivity index (χ1) is 9.20. The molecule has 1 atom stereocenters. The summed E-state index contributed by atoms with van der Waals surface area (Å²) in [4.78, 5) is 15.7. The third-order valence-electron chi connectivity index (χ3n) is 2.93. The Balaban J connectivity index is 2.00. The van der Waals surface area contributed by atoms with Crippen molar-refractivity contribution in [3.8, 4) is 11.3 Å². The summed E-state index contributed by atoms with van der Waals surface area (Å²) in [7, 11) is 1.86. The number of benzene rings is 1. The number of nitrogens with one attached hydrogen (secondary N) is 2. The number of oxazole rings is 1. The van der Waals surface area contributed by atoms with Gasteiger partial charge in [-0.1, -0.05) is 12.1 Å². The van der Waals surface area contributed by atoms with Gasteiger partial charge in [-0.2, -0.15) is 0 Å². The lowest BCUT2D eigenvalue weighted by Gasteiger charge is -2.11. The molecule has 0 saturated heterocycles. The zero-order valence-corrected chi connectivity index (χ0v) is 11.0. The van der Waals surface area contributed by atoms with Crippen LogP contribution < -0.4 is 10.6 Å². The fraction of sp³-hybridized carbons (Fsp3) is 0.286. The number of nitrogens with zero attached hydrogens (tertiary/aromatic N) is 1. The summed E-state index contributed by atoms with van der Waals surface area (Å²) in [6, 6.07) is 7.49. The molecule has 0 aliphatic heterocycles. The van der Waals surface area contributed by atoms with Crippen molar-refractivity contribution in [1.29, 1.82) is 0 Å². The molecule has 5 heteroatoms. The molecular weight excluding hydrogens is 242 g/mol. The van der Waals surface area contributed by atoms with Crippen LogP contribution in [-0.2, 0) is 0 Å². The molecule has 2 N–H and O–H groups in total. The first-order valence-electron chi connectivity index (χ1n) is 6.15. The lowest BCUT2D eigenvalue weighted by atomic mass is 10.1. The Morgan fingerprint density at radius 1 is 1.37 bits per heavy atom. The SMILES string of the molecule is CNC(C)CNC(=O)c1ccc(-c2cnco2)cc1. The predicted molar refractivity (Wildman–Crippen MR) is 72.8 cm³/mol. The van der Waals surface area contributed by atoms with Gasteiger partial charge in [-0.3, -0.25) is 4.79 Å². The minimum absolute atomic E-state index is 0.0776. The van der Waals surface area contributed by atoms with Crippen LogP contribution in [0.3, 0.4) is 0 Å². The summed E-state index contributed by atoms with van der Waals surface area (Å²) in [6.07, 6.45) is 3.03. The number of amides is 1. The van der Waals surface area contributed by atoms with Crippen molar-refractivity contribution in [1.82, 2.24) is 15.6 Å². The molecule has 5 nitrogen and oxygen atoms in total. The minimum Gasteiger partial charge on any atom is -0.444 e. The smallest absolute Gasteiger partial charge is 0.251 e. The zero-order valence-electron chi connectivity index (χ0n) is 11.0. The molecule has 1 unspecified atom stereocenters. The van der Waals surface area contributed by atoms with Crippen LogP contribution in [0.2, 0.25) is 0 Å². The second kappa shape index (κ2) is 6.15. The summed E-state index contributed by atoms with van der Waals surface area (Å²) in [5.74, 6) is 0.613. The van der Waals surface area contributed by atoms with Gasteiger partial charge in [-0.25, -0.2) is 4.98 Å². The number of hydrogen-bond acceptors (Lipinski definition) is 4. The fourth-order valence-corrected chi connectivity index (χ4v) is 1.59. The Morgan fingerprint density at radius 3 is 2.68 bits per heavy atom. The van der Waals surface area contributed by atoms with Crippen LogP contribution >= 0.6 is 0 Å². The number of rotatable bonds is 5. The topological polar surface area (TPSA) is 67.2 Å². The maximum absolute atomic E-state index is 11.9. The largest absolute Gasteiger partial charge is 0.444 e. The predicted octanol–water partition coefficient (Wildman–Crippen LogP) is 1.68. The van der Waals surface area contributed by atoms with E-state index in [0.29, 0.717) is 17.9 Å². The van der Waals surface area contributed by atoms with Gasteiger partial charge in [-0.05, 0) is 26.1 Å². The van der Waals surface area contributed by atoms with Crippen molar-refractivity contribution < 1.29 is 9.21 Å². The van der Waals surface area contributed by atoms with Gasteiger partial charge in [0.1, 0.15) is 0 Å². The van der Waals surface area contributed by atoms with E-state index in [-0.39, 0.29) is 11.9 Å². The summed E-state index contributed by atoms with van der Waals surface area (Å²) in [5.41, 5.74) is 1.53. The standard InChI is InChI=1S/C14H17N3O2/c1-10(15-2)7-17-14(18)12-5-3-11(4-6-12)13-8-16-9-19-13/h3-6,8-10,15H,7H2,1-2H3,(H,17,18). The summed E-state index contributed by atoms with van der Waals surface area (Å²) < 4.78 is 5.19. The van der Waals surface area contributed by atoms with E-state index in [1.165, 1.54) is 6.39 Å². The molecule has 0 bridgehead atoms. The lowest BCUT2D eigenvalue weighted by molar-refractivity contribution is 0.0950. The van der Waals surface area contributed by atoms with Crippen LogP contribution in [0, 0.1) is 0 Å². The average Bonchev–Trinajstić information content (AvgIpc) is 2.98. The second-order valence-corrected chi connectivity index (χ2v) is 4.34. The molecule has 0 saturated carbocycles. The van der Waals surface area contributed by atoms with E-state index in [1.807, 2.05) is 26.1 Å². The van der Waals surface area contributed by atoms with Crippen molar-refractivity contribution in [2.45, 2.75) is 13.0 Å². The van der Waals surface area contributed by atoms with E-state index in [9.17, 15) is 4.79 Å². The Kier molecular flexibility index (Phi) is 4.30.